The molecule has 2 rings (SSSR count). The minimum Gasteiger partial charge on any atom is -0.375 e. The summed E-state index contributed by atoms with van der Waals surface area (Å²) in [5, 5.41) is -0.108. The van der Waals surface area contributed by atoms with Gasteiger partial charge in [-0.1, -0.05) is 0 Å². The van der Waals surface area contributed by atoms with Gasteiger partial charge in [0.2, 0.25) is 5.95 Å². The quantitative estimate of drug-likeness (QED) is 0.801. The number of nitrogens with two attached hydrogens (primary N) is 1. The van der Waals surface area contributed by atoms with E-state index in [9.17, 15) is 4.79 Å². The first kappa shape index (κ1) is 12.1. The number of aromatic nitrogens is 3. The molecule has 0 aromatic carbocycles. The minimum absolute atomic E-state index is 0.108. The predicted molar refractivity (Wildman–Crippen MR) is 69.9 cm³/mol. The molecule has 0 saturated heterocycles. The van der Waals surface area contributed by atoms with E-state index in [0.717, 1.165) is 4.90 Å². The van der Waals surface area contributed by atoms with Gasteiger partial charge >= 0.3 is 0 Å². The number of hydrogen-bond acceptors (Lipinski definition) is 5. The Labute approximate surface area is 108 Å². The standard InChI is InChI=1S/C11H9N5OS/c12-10(18)16(11-14-4-1-5-15-11)9(17)8-2-6-13-7-3-8/h1-7H,(H2,12,18). The van der Waals surface area contributed by atoms with Gasteiger partial charge in [-0.2, -0.15) is 0 Å². The van der Waals surface area contributed by atoms with Gasteiger partial charge in [0.1, 0.15) is 0 Å². The third kappa shape index (κ3) is 2.46. The molecule has 2 aromatic heterocycles. The van der Waals surface area contributed by atoms with Crippen molar-refractivity contribution in [1.29, 1.82) is 0 Å². The topological polar surface area (TPSA) is 85.0 Å². The molecule has 6 nitrogen and oxygen atoms in total. The van der Waals surface area contributed by atoms with Gasteiger partial charge in [0, 0.05) is 30.4 Å². The van der Waals surface area contributed by atoms with Crippen LogP contribution in [0.3, 0.4) is 0 Å². The van der Waals surface area contributed by atoms with Gasteiger partial charge in [-0.15, -0.1) is 0 Å². The molecule has 2 heterocycles. The van der Waals surface area contributed by atoms with Crippen molar-refractivity contribution in [3.05, 3.63) is 48.5 Å². The summed E-state index contributed by atoms with van der Waals surface area (Å²) >= 11 is 4.86. The van der Waals surface area contributed by atoms with Crippen LogP contribution >= 0.6 is 12.2 Å². The third-order valence-corrected chi connectivity index (χ3v) is 2.29. The van der Waals surface area contributed by atoms with Gasteiger partial charge < -0.3 is 5.73 Å². The van der Waals surface area contributed by atoms with E-state index < -0.39 is 5.91 Å². The molecule has 0 atom stereocenters. The molecule has 0 aliphatic carbocycles. The Balaban J connectivity index is 2.39. The van der Waals surface area contributed by atoms with Crippen LogP contribution in [0.5, 0.6) is 0 Å². The van der Waals surface area contributed by atoms with Crippen LogP contribution in [0.15, 0.2) is 43.0 Å². The van der Waals surface area contributed by atoms with Crippen LogP contribution in [0.25, 0.3) is 0 Å². The second-order valence-electron chi connectivity index (χ2n) is 3.26. The lowest BCUT2D eigenvalue weighted by Crippen LogP contribution is -2.41. The molecule has 0 fully saturated rings. The summed E-state index contributed by atoms with van der Waals surface area (Å²) < 4.78 is 0. The number of thiocarbonyl (C=S) groups is 1. The van der Waals surface area contributed by atoms with Crippen molar-refractivity contribution >= 4 is 29.2 Å². The monoisotopic (exact) mass is 259 g/mol. The number of amides is 1. The van der Waals surface area contributed by atoms with Crippen molar-refractivity contribution < 1.29 is 4.79 Å². The van der Waals surface area contributed by atoms with Crippen LogP contribution in [-0.2, 0) is 0 Å². The van der Waals surface area contributed by atoms with Gasteiger partial charge in [-0.3, -0.25) is 9.78 Å². The lowest BCUT2D eigenvalue weighted by atomic mass is 10.2. The molecule has 2 aromatic rings. The van der Waals surface area contributed by atoms with Gasteiger partial charge in [0.05, 0.1) is 0 Å². The summed E-state index contributed by atoms with van der Waals surface area (Å²) in [5.41, 5.74) is 5.96. The molecule has 90 valence electrons. The zero-order chi connectivity index (χ0) is 13.0. The molecular formula is C11H9N5OS. The number of carbonyl (C=O) groups is 1. The molecule has 0 spiro atoms. The first-order chi connectivity index (χ1) is 8.70. The largest absolute Gasteiger partial charge is 0.375 e. The fraction of sp³-hybridized carbons (Fsp3) is 0. The maximum absolute atomic E-state index is 12.2. The number of rotatable bonds is 2. The number of nitrogens with zero attached hydrogens (tertiary/aromatic N) is 4. The minimum atomic E-state index is -0.392. The molecule has 0 radical (unpaired) electrons. The van der Waals surface area contributed by atoms with E-state index >= 15 is 0 Å². The fourth-order valence-corrected chi connectivity index (χ4v) is 1.48. The number of carbonyl (C=O) groups excluding carboxylic acids is 1. The number of hydrogen-bond donors (Lipinski definition) is 1. The van der Waals surface area contributed by atoms with Gasteiger partial charge in [-0.05, 0) is 30.4 Å². The van der Waals surface area contributed by atoms with Crippen LogP contribution < -0.4 is 10.6 Å². The summed E-state index contributed by atoms with van der Waals surface area (Å²) in [4.78, 5) is 25.1. The summed E-state index contributed by atoms with van der Waals surface area (Å²) in [6.45, 7) is 0. The van der Waals surface area contributed by atoms with Crippen molar-refractivity contribution in [3.8, 4) is 0 Å². The van der Waals surface area contributed by atoms with Crippen molar-refractivity contribution in [2.24, 2.45) is 5.73 Å². The fourth-order valence-electron chi connectivity index (χ4n) is 1.32. The molecule has 0 unspecified atom stereocenters. The Kier molecular flexibility index (Phi) is 3.54. The van der Waals surface area contributed by atoms with E-state index in [1.165, 1.54) is 24.8 Å². The van der Waals surface area contributed by atoms with Crippen LogP contribution in [0.1, 0.15) is 10.4 Å². The van der Waals surface area contributed by atoms with E-state index in [0.29, 0.717) is 5.56 Å². The number of anilines is 1. The maximum Gasteiger partial charge on any atom is 0.267 e. The van der Waals surface area contributed by atoms with Crippen molar-refractivity contribution in [2.45, 2.75) is 0 Å². The molecule has 2 N–H and O–H groups in total. The summed E-state index contributed by atoms with van der Waals surface area (Å²) in [6.07, 6.45) is 6.04. The van der Waals surface area contributed by atoms with Crippen molar-refractivity contribution in [2.75, 3.05) is 4.90 Å². The Bertz CT molecular complexity index is 560. The molecule has 1 amide bonds. The molecular weight excluding hydrogens is 250 g/mol. The SMILES string of the molecule is NC(=S)N(C(=O)c1ccncc1)c1ncccn1. The highest BCUT2D eigenvalue weighted by atomic mass is 32.1. The summed E-state index contributed by atoms with van der Waals surface area (Å²) in [6, 6.07) is 4.77. The van der Waals surface area contributed by atoms with E-state index in [2.05, 4.69) is 15.0 Å². The highest BCUT2D eigenvalue weighted by Crippen LogP contribution is 2.10. The molecule has 0 aliphatic rings. The van der Waals surface area contributed by atoms with E-state index in [-0.39, 0.29) is 11.1 Å². The highest BCUT2D eigenvalue weighted by molar-refractivity contribution is 7.80. The van der Waals surface area contributed by atoms with Crippen molar-refractivity contribution in [3.63, 3.8) is 0 Å². The Morgan fingerprint density at radius 3 is 2.33 bits per heavy atom. The lowest BCUT2D eigenvalue weighted by molar-refractivity contribution is 0.100. The maximum atomic E-state index is 12.2. The molecule has 0 saturated carbocycles. The molecule has 18 heavy (non-hydrogen) atoms. The zero-order valence-corrected chi connectivity index (χ0v) is 10.0. The lowest BCUT2D eigenvalue weighted by Gasteiger charge is -2.18. The summed E-state index contributed by atoms with van der Waals surface area (Å²) in [7, 11) is 0. The van der Waals surface area contributed by atoms with Crippen LogP contribution in [-0.4, -0.2) is 26.0 Å². The van der Waals surface area contributed by atoms with Crippen molar-refractivity contribution in [1.82, 2.24) is 15.0 Å². The van der Waals surface area contributed by atoms with Crippen LogP contribution in [0.4, 0.5) is 5.95 Å². The summed E-state index contributed by atoms with van der Waals surface area (Å²) in [5.74, 6) is -0.247. The molecule has 0 bridgehead atoms. The molecule has 7 heteroatoms. The highest BCUT2D eigenvalue weighted by Gasteiger charge is 2.22. The first-order valence-electron chi connectivity index (χ1n) is 5.01. The predicted octanol–water partition coefficient (Wildman–Crippen LogP) is 0.762. The van der Waals surface area contributed by atoms with E-state index in [1.54, 1.807) is 18.2 Å². The average Bonchev–Trinajstić information content (AvgIpc) is 2.40. The molecule has 0 aliphatic heterocycles. The smallest absolute Gasteiger partial charge is 0.267 e. The van der Waals surface area contributed by atoms with Crippen LogP contribution in [0.2, 0.25) is 0 Å². The van der Waals surface area contributed by atoms with Gasteiger partial charge in [0.15, 0.2) is 5.11 Å². The second kappa shape index (κ2) is 5.28. The Hall–Kier alpha value is -2.41. The second-order valence-corrected chi connectivity index (χ2v) is 3.68. The van der Waals surface area contributed by atoms with Crippen LogP contribution in [0, 0.1) is 0 Å². The zero-order valence-electron chi connectivity index (χ0n) is 9.22. The Morgan fingerprint density at radius 1 is 1.17 bits per heavy atom. The average molecular weight is 259 g/mol. The van der Waals surface area contributed by atoms with E-state index in [1.807, 2.05) is 0 Å². The van der Waals surface area contributed by atoms with E-state index in [4.69, 9.17) is 18.0 Å². The van der Waals surface area contributed by atoms with Gasteiger partial charge in [-0.25, -0.2) is 14.9 Å². The first-order valence-corrected chi connectivity index (χ1v) is 5.42. The normalized spacial score (nSPS) is 9.78. The Morgan fingerprint density at radius 2 is 1.78 bits per heavy atom. The van der Waals surface area contributed by atoms with Gasteiger partial charge in [0.25, 0.3) is 5.91 Å². The number of pyridine rings is 1. The third-order valence-electron chi connectivity index (χ3n) is 2.10.